The molecule has 130 valence electrons. The summed E-state index contributed by atoms with van der Waals surface area (Å²) in [4.78, 5) is 14.4. The Hall–Kier alpha value is -2.09. The zero-order chi connectivity index (χ0) is 17.9. The molecule has 0 radical (unpaired) electrons. The molecule has 0 aliphatic heterocycles. The SMILES string of the molecule is CC(Sc1nnnn1C(C)(C)C)C(=O)Nc1ccc(N(C)C)cc1. The van der Waals surface area contributed by atoms with Gasteiger partial charge in [-0.2, -0.15) is 0 Å². The van der Waals surface area contributed by atoms with E-state index in [0.29, 0.717) is 5.16 Å². The van der Waals surface area contributed by atoms with Crippen molar-refractivity contribution >= 4 is 29.0 Å². The van der Waals surface area contributed by atoms with Gasteiger partial charge in [-0.05, 0) is 62.4 Å². The lowest BCUT2D eigenvalue weighted by atomic mass is 10.1. The molecule has 7 nitrogen and oxygen atoms in total. The van der Waals surface area contributed by atoms with Gasteiger partial charge in [-0.3, -0.25) is 4.79 Å². The minimum atomic E-state index is -0.314. The summed E-state index contributed by atoms with van der Waals surface area (Å²) in [5.41, 5.74) is 1.62. The minimum absolute atomic E-state index is 0.0823. The predicted molar refractivity (Wildman–Crippen MR) is 97.5 cm³/mol. The lowest BCUT2D eigenvalue weighted by Crippen LogP contribution is -2.27. The molecule has 1 heterocycles. The van der Waals surface area contributed by atoms with Crippen molar-refractivity contribution in [2.45, 2.75) is 43.6 Å². The van der Waals surface area contributed by atoms with Crippen LogP contribution in [0.2, 0.25) is 0 Å². The molecule has 8 heteroatoms. The van der Waals surface area contributed by atoms with Crippen LogP contribution in [0.3, 0.4) is 0 Å². The van der Waals surface area contributed by atoms with Crippen LogP contribution in [0.1, 0.15) is 27.7 Å². The Balaban J connectivity index is 2.01. The Bertz CT molecular complexity index is 689. The summed E-state index contributed by atoms with van der Waals surface area (Å²) in [7, 11) is 3.96. The fourth-order valence-corrected chi connectivity index (χ4v) is 2.95. The molecule has 24 heavy (non-hydrogen) atoms. The van der Waals surface area contributed by atoms with E-state index in [-0.39, 0.29) is 16.7 Å². The molecule has 1 amide bonds. The third-order valence-electron chi connectivity index (χ3n) is 3.38. The maximum absolute atomic E-state index is 12.4. The second kappa shape index (κ2) is 7.21. The van der Waals surface area contributed by atoms with Crippen LogP contribution in [0.25, 0.3) is 0 Å². The number of nitrogens with one attached hydrogen (secondary N) is 1. The minimum Gasteiger partial charge on any atom is -0.378 e. The number of carbonyl (C=O) groups is 1. The largest absolute Gasteiger partial charge is 0.378 e. The van der Waals surface area contributed by atoms with E-state index in [4.69, 9.17) is 0 Å². The molecule has 0 spiro atoms. The Morgan fingerprint density at radius 1 is 1.25 bits per heavy atom. The van der Waals surface area contributed by atoms with E-state index in [1.54, 1.807) is 4.68 Å². The number of tetrazole rings is 1. The van der Waals surface area contributed by atoms with Gasteiger partial charge in [0.25, 0.3) is 0 Å². The van der Waals surface area contributed by atoms with Crippen molar-refractivity contribution in [3.63, 3.8) is 0 Å². The van der Waals surface area contributed by atoms with Crippen LogP contribution in [0.15, 0.2) is 29.4 Å². The van der Waals surface area contributed by atoms with Gasteiger partial charge in [0.05, 0.1) is 10.8 Å². The second-order valence-corrected chi connectivity index (χ2v) is 8.04. The van der Waals surface area contributed by atoms with Crippen molar-refractivity contribution in [2.24, 2.45) is 0 Å². The highest BCUT2D eigenvalue weighted by Crippen LogP contribution is 2.26. The zero-order valence-corrected chi connectivity index (χ0v) is 15.8. The van der Waals surface area contributed by atoms with E-state index in [1.807, 2.05) is 71.0 Å². The van der Waals surface area contributed by atoms with Crippen molar-refractivity contribution < 1.29 is 4.79 Å². The Kier molecular flexibility index (Phi) is 5.48. The van der Waals surface area contributed by atoms with Crippen LogP contribution in [0.5, 0.6) is 0 Å². The number of hydrogen-bond acceptors (Lipinski definition) is 6. The fraction of sp³-hybridized carbons (Fsp3) is 0.500. The van der Waals surface area contributed by atoms with Crippen molar-refractivity contribution in [1.82, 2.24) is 20.2 Å². The summed E-state index contributed by atoms with van der Waals surface area (Å²) < 4.78 is 1.73. The van der Waals surface area contributed by atoms with E-state index in [0.717, 1.165) is 11.4 Å². The molecule has 0 aliphatic carbocycles. The number of amides is 1. The third kappa shape index (κ3) is 4.47. The van der Waals surface area contributed by atoms with Crippen LogP contribution in [-0.4, -0.2) is 45.5 Å². The smallest absolute Gasteiger partial charge is 0.237 e. The molecular weight excluding hydrogens is 324 g/mol. The van der Waals surface area contributed by atoms with Crippen molar-refractivity contribution in [1.29, 1.82) is 0 Å². The van der Waals surface area contributed by atoms with E-state index >= 15 is 0 Å². The first kappa shape index (κ1) is 18.3. The number of aromatic nitrogens is 4. The van der Waals surface area contributed by atoms with E-state index in [1.165, 1.54) is 11.8 Å². The van der Waals surface area contributed by atoms with Crippen LogP contribution in [0, 0.1) is 0 Å². The van der Waals surface area contributed by atoms with Gasteiger partial charge in [0.1, 0.15) is 0 Å². The van der Waals surface area contributed by atoms with Gasteiger partial charge in [0, 0.05) is 25.5 Å². The molecule has 0 aliphatic rings. The number of anilines is 2. The van der Waals surface area contributed by atoms with Crippen LogP contribution < -0.4 is 10.2 Å². The standard InChI is InChI=1S/C16H24N6OS/c1-11(24-15-18-19-20-22(15)16(2,3)4)14(23)17-12-7-9-13(10-8-12)21(5)6/h7-11H,1-6H3,(H,17,23). The topological polar surface area (TPSA) is 75.9 Å². The number of carbonyl (C=O) groups excluding carboxylic acids is 1. The molecule has 1 aromatic heterocycles. The van der Waals surface area contributed by atoms with Crippen molar-refractivity contribution in [3.8, 4) is 0 Å². The summed E-state index contributed by atoms with van der Waals surface area (Å²) in [6, 6.07) is 7.72. The maximum Gasteiger partial charge on any atom is 0.237 e. The molecule has 1 unspecified atom stereocenters. The number of benzene rings is 1. The second-order valence-electron chi connectivity index (χ2n) is 6.73. The van der Waals surface area contributed by atoms with Gasteiger partial charge in [-0.15, -0.1) is 5.10 Å². The lowest BCUT2D eigenvalue weighted by molar-refractivity contribution is -0.115. The summed E-state index contributed by atoms with van der Waals surface area (Å²) in [5.74, 6) is -0.0823. The highest BCUT2D eigenvalue weighted by atomic mass is 32.2. The normalized spacial score (nSPS) is 12.8. The maximum atomic E-state index is 12.4. The van der Waals surface area contributed by atoms with Crippen molar-refractivity contribution in [3.05, 3.63) is 24.3 Å². The summed E-state index contributed by atoms with van der Waals surface area (Å²) >= 11 is 1.35. The van der Waals surface area contributed by atoms with Gasteiger partial charge in [0.15, 0.2) is 0 Å². The van der Waals surface area contributed by atoms with E-state index in [2.05, 4.69) is 20.8 Å². The summed E-state index contributed by atoms with van der Waals surface area (Å²) in [6.45, 7) is 7.90. The molecule has 1 atom stereocenters. The number of nitrogens with zero attached hydrogens (tertiary/aromatic N) is 5. The molecule has 2 aromatic rings. The molecule has 1 N–H and O–H groups in total. The average molecular weight is 348 g/mol. The lowest BCUT2D eigenvalue weighted by Gasteiger charge is -2.20. The van der Waals surface area contributed by atoms with Gasteiger partial charge in [0.2, 0.25) is 11.1 Å². The first-order valence-corrected chi connectivity index (χ1v) is 8.60. The van der Waals surface area contributed by atoms with Gasteiger partial charge >= 0.3 is 0 Å². The zero-order valence-electron chi connectivity index (χ0n) is 14.9. The molecule has 1 aromatic carbocycles. The molecular formula is C16H24N6OS. The first-order chi connectivity index (χ1) is 11.2. The Morgan fingerprint density at radius 3 is 2.42 bits per heavy atom. The number of thioether (sulfide) groups is 1. The van der Waals surface area contributed by atoms with Gasteiger partial charge in [-0.1, -0.05) is 11.8 Å². The fourth-order valence-electron chi connectivity index (χ4n) is 1.97. The molecule has 0 bridgehead atoms. The van der Waals surface area contributed by atoms with Crippen LogP contribution in [-0.2, 0) is 10.3 Å². The monoisotopic (exact) mass is 348 g/mol. The van der Waals surface area contributed by atoms with E-state index < -0.39 is 0 Å². The number of hydrogen-bond donors (Lipinski definition) is 1. The first-order valence-electron chi connectivity index (χ1n) is 7.72. The van der Waals surface area contributed by atoms with Gasteiger partial charge < -0.3 is 10.2 Å². The van der Waals surface area contributed by atoms with Crippen LogP contribution >= 0.6 is 11.8 Å². The van der Waals surface area contributed by atoms with Crippen LogP contribution in [0.4, 0.5) is 11.4 Å². The Morgan fingerprint density at radius 2 is 1.88 bits per heavy atom. The highest BCUT2D eigenvalue weighted by Gasteiger charge is 2.24. The molecule has 0 saturated carbocycles. The predicted octanol–water partition coefficient (Wildman–Crippen LogP) is 2.61. The third-order valence-corrected chi connectivity index (χ3v) is 4.41. The van der Waals surface area contributed by atoms with Crippen molar-refractivity contribution in [2.75, 3.05) is 24.3 Å². The highest BCUT2D eigenvalue weighted by molar-refractivity contribution is 8.00. The average Bonchev–Trinajstić information content (AvgIpc) is 2.96. The molecule has 2 rings (SSSR count). The molecule has 0 fully saturated rings. The van der Waals surface area contributed by atoms with Gasteiger partial charge in [-0.25, -0.2) is 4.68 Å². The Labute approximate surface area is 146 Å². The van der Waals surface area contributed by atoms with E-state index in [9.17, 15) is 4.79 Å². The summed E-state index contributed by atoms with van der Waals surface area (Å²) in [5, 5.41) is 15.0. The number of rotatable bonds is 5. The molecule has 0 saturated heterocycles. The summed E-state index contributed by atoms with van der Waals surface area (Å²) in [6.07, 6.45) is 0. The quantitative estimate of drug-likeness (QED) is 0.837.